The van der Waals surface area contributed by atoms with Gasteiger partial charge in [0.25, 0.3) is 0 Å². The van der Waals surface area contributed by atoms with Crippen molar-refractivity contribution < 1.29 is 9.13 Å². The van der Waals surface area contributed by atoms with Gasteiger partial charge < -0.3 is 19.4 Å². The molecule has 2 aromatic rings. The van der Waals surface area contributed by atoms with Crippen LogP contribution >= 0.6 is 0 Å². The molecule has 2 saturated heterocycles. The average Bonchev–Trinajstić information content (AvgIpc) is 2.74. The van der Waals surface area contributed by atoms with Gasteiger partial charge in [-0.05, 0) is 12.1 Å². The van der Waals surface area contributed by atoms with Gasteiger partial charge in [-0.25, -0.2) is 14.4 Å². The van der Waals surface area contributed by atoms with Crippen LogP contribution in [0.25, 0.3) is 0 Å². The molecule has 2 fully saturated rings. The molecule has 1 aromatic carbocycles. The molecule has 0 bridgehead atoms. The number of anilines is 3. The molecular formula is C19H21FN6O. The molecule has 8 heteroatoms. The second kappa shape index (κ2) is 7.76. The van der Waals surface area contributed by atoms with Gasteiger partial charge in [0.2, 0.25) is 0 Å². The average molecular weight is 368 g/mol. The second-order valence-corrected chi connectivity index (χ2v) is 6.56. The molecular weight excluding hydrogens is 347 g/mol. The summed E-state index contributed by atoms with van der Waals surface area (Å²) in [4.78, 5) is 15.1. The van der Waals surface area contributed by atoms with Crippen molar-refractivity contribution in [1.82, 2.24) is 9.97 Å². The molecule has 2 aliphatic rings. The van der Waals surface area contributed by atoms with Crippen LogP contribution in [-0.2, 0) is 4.74 Å². The van der Waals surface area contributed by atoms with Crippen LogP contribution in [0.1, 0.15) is 5.56 Å². The number of nitrogens with zero attached hydrogens (tertiary/aromatic N) is 6. The van der Waals surface area contributed by atoms with Gasteiger partial charge >= 0.3 is 0 Å². The minimum absolute atomic E-state index is 0.348. The first-order valence-corrected chi connectivity index (χ1v) is 9.09. The van der Waals surface area contributed by atoms with Crippen molar-refractivity contribution in [3.05, 3.63) is 42.0 Å². The van der Waals surface area contributed by atoms with Crippen molar-refractivity contribution in [3.63, 3.8) is 0 Å². The SMILES string of the molecule is N#Cc1cccc(F)c1N1CCN(c2cc(N3CCOCC3)ncn2)CC1. The topological polar surface area (TPSA) is 68.5 Å². The number of morpholine rings is 1. The molecule has 3 heterocycles. The Morgan fingerprint density at radius 3 is 2.22 bits per heavy atom. The molecule has 0 radical (unpaired) electrons. The molecule has 0 spiro atoms. The Hall–Kier alpha value is -2.92. The van der Waals surface area contributed by atoms with Gasteiger partial charge in [-0.2, -0.15) is 5.26 Å². The monoisotopic (exact) mass is 368 g/mol. The largest absolute Gasteiger partial charge is 0.378 e. The van der Waals surface area contributed by atoms with Gasteiger partial charge in [-0.1, -0.05) is 6.07 Å². The van der Waals surface area contributed by atoms with Gasteiger partial charge in [-0.15, -0.1) is 0 Å². The van der Waals surface area contributed by atoms with Crippen LogP contribution in [0.5, 0.6) is 0 Å². The number of halogens is 1. The molecule has 0 amide bonds. The van der Waals surface area contributed by atoms with E-state index in [1.54, 1.807) is 18.5 Å². The first kappa shape index (κ1) is 17.5. The highest BCUT2D eigenvalue weighted by atomic mass is 19.1. The van der Waals surface area contributed by atoms with Gasteiger partial charge in [-0.3, -0.25) is 0 Å². The lowest BCUT2D eigenvalue weighted by atomic mass is 10.1. The number of para-hydroxylation sites is 1. The molecule has 140 valence electrons. The minimum Gasteiger partial charge on any atom is -0.378 e. The van der Waals surface area contributed by atoms with Crippen LogP contribution in [0.15, 0.2) is 30.6 Å². The highest BCUT2D eigenvalue weighted by Gasteiger charge is 2.23. The molecule has 0 unspecified atom stereocenters. The van der Waals surface area contributed by atoms with E-state index in [2.05, 4.69) is 25.8 Å². The van der Waals surface area contributed by atoms with Gasteiger partial charge in [0, 0.05) is 45.3 Å². The lowest BCUT2D eigenvalue weighted by molar-refractivity contribution is 0.122. The van der Waals surface area contributed by atoms with Crippen LogP contribution in [0.3, 0.4) is 0 Å². The first-order chi connectivity index (χ1) is 13.3. The Balaban J connectivity index is 1.46. The van der Waals surface area contributed by atoms with E-state index in [1.807, 2.05) is 11.0 Å². The molecule has 7 nitrogen and oxygen atoms in total. The zero-order valence-electron chi connectivity index (χ0n) is 15.0. The maximum absolute atomic E-state index is 14.3. The van der Waals surface area contributed by atoms with E-state index >= 15 is 0 Å². The van der Waals surface area contributed by atoms with E-state index in [0.29, 0.717) is 50.6 Å². The summed E-state index contributed by atoms with van der Waals surface area (Å²) in [5.74, 6) is 1.44. The maximum atomic E-state index is 14.3. The third-order valence-electron chi connectivity index (χ3n) is 5.00. The number of ether oxygens (including phenoxy) is 1. The third-order valence-corrected chi connectivity index (χ3v) is 5.00. The molecule has 0 atom stereocenters. The summed E-state index contributed by atoms with van der Waals surface area (Å²) in [7, 11) is 0. The van der Waals surface area contributed by atoms with Crippen LogP contribution in [-0.4, -0.2) is 62.5 Å². The predicted octanol–water partition coefficient (Wildman–Crippen LogP) is 1.65. The lowest BCUT2D eigenvalue weighted by Gasteiger charge is -2.37. The van der Waals surface area contributed by atoms with E-state index in [4.69, 9.17) is 4.74 Å². The van der Waals surface area contributed by atoms with Crippen molar-refractivity contribution in [2.75, 3.05) is 67.2 Å². The molecule has 1 aromatic heterocycles. The highest BCUT2D eigenvalue weighted by Crippen LogP contribution is 2.26. The Bertz CT molecular complexity index is 840. The Morgan fingerprint density at radius 2 is 1.56 bits per heavy atom. The quantitative estimate of drug-likeness (QED) is 0.816. The highest BCUT2D eigenvalue weighted by molar-refractivity contribution is 5.61. The van der Waals surface area contributed by atoms with Gasteiger partial charge in [0.1, 0.15) is 29.8 Å². The van der Waals surface area contributed by atoms with Crippen molar-refractivity contribution in [1.29, 1.82) is 5.26 Å². The van der Waals surface area contributed by atoms with E-state index < -0.39 is 0 Å². The Morgan fingerprint density at radius 1 is 0.926 bits per heavy atom. The minimum atomic E-state index is -0.348. The normalized spacial score (nSPS) is 17.7. The van der Waals surface area contributed by atoms with E-state index in [0.717, 1.165) is 24.7 Å². The van der Waals surface area contributed by atoms with Gasteiger partial charge in [0.05, 0.1) is 24.5 Å². The summed E-state index contributed by atoms with van der Waals surface area (Å²) < 4.78 is 19.7. The number of rotatable bonds is 3. The van der Waals surface area contributed by atoms with Crippen molar-refractivity contribution in [2.24, 2.45) is 0 Å². The third kappa shape index (κ3) is 3.64. The number of hydrogen-bond acceptors (Lipinski definition) is 7. The molecule has 4 rings (SSSR count). The zero-order chi connectivity index (χ0) is 18.6. The molecule has 0 N–H and O–H groups in total. The van der Waals surface area contributed by atoms with Crippen molar-refractivity contribution >= 4 is 17.3 Å². The number of benzene rings is 1. The summed E-state index contributed by atoms with van der Waals surface area (Å²) in [5, 5.41) is 9.27. The Labute approximate surface area is 157 Å². The van der Waals surface area contributed by atoms with Crippen LogP contribution in [0.2, 0.25) is 0 Å². The second-order valence-electron chi connectivity index (χ2n) is 6.56. The van der Waals surface area contributed by atoms with E-state index in [9.17, 15) is 9.65 Å². The number of nitriles is 1. The summed E-state index contributed by atoms with van der Waals surface area (Å²) in [5.41, 5.74) is 0.774. The van der Waals surface area contributed by atoms with Gasteiger partial charge in [0.15, 0.2) is 0 Å². The lowest BCUT2D eigenvalue weighted by Crippen LogP contribution is -2.47. The predicted molar refractivity (Wildman–Crippen MR) is 101 cm³/mol. The van der Waals surface area contributed by atoms with E-state index in [1.165, 1.54) is 6.07 Å². The maximum Gasteiger partial charge on any atom is 0.147 e. The zero-order valence-corrected chi connectivity index (χ0v) is 15.0. The first-order valence-electron chi connectivity index (χ1n) is 9.09. The van der Waals surface area contributed by atoms with Crippen LogP contribution in [0.4, 0.5) is 21.7 Å². The molecule has 2 aliphatic heterocycles. The Kier molecular flexibility index (Phi) is 5.03. The molecule has 0 aliphatic carbocycles. The molecule has 27 heavy (non-hydrogen) atoms. The summed E-state index contributed by atoms with van der Waals surface area (Å²) in [6.45, 7) is 5.75. The van der Waals surface area contributed by atoms with Crippen LogP contribution < -0.4 is 14.7 Å². The number of hydrogen-bond donors (Lipinski definition) is 0. The van der Waals surface area contributed by atoms with Crippen molar-refractivity contribution in [3.8, 4) is 6.07 Å². The van der Waals surface area contributed by atoms with Crippen LogP contribution in [0, 0.1) is 17.1 Å². The smallest absolute Gasteiger partial charge is 0.147 e. The molecule has 0 saturated carbocycles. The fourth-order valence-electron chi connectivity index (χ4n) is 3.56. The standard InChI is InChI=1S/C19H21FN6O/c20-16-3-1-2-15(13-21)19(16)26-6-4-24(5-7-26)17-12-18(23-14-22-17)25-8-10-27-11-9-25/h1-3,12,14H,4-11H2. The number of piperazine rings is 1. The fraction of sp³-hybridized carbons (Fsp3) is 0.421. The summed E-state index contributed by atoms with van der Waals surface area (Å²) in [6.07, 6.45) is 1.59. The summed E-state index contributed by atoms with van der Waals surface area (Å²) >= 11 is 0. The van der Waals surface area contributed by atoms with E-state index in [-0.39, 0.29) is 5.82 Å². The number of aromatic nitrogens is 2. The fourth-order valence-corrected chi connectivity index (χ4v) is 3.56. The van der Waals surface area contributed by atoms with Crippen molar-refractivity contribution in [2.45, 2.75) is 0 Å². The summed E-state index contributed by atoms with van der Waals surface area (Å²) in [6, 6.07) is 8.73.